The third kappa shape index (κ3) is 1.70. The predicted octanol–water partition coefficient (Wildman–Crippen LogP) is 0.576. The zero-order chi connectivity index (χ0) is 10.2. The summed E-state index contributed by atoms with van der Waals surface area (Å²) in [6.07, 6.45) is 2.57. The van der Waals surface area contributed by atoms with E-state index in [1.165, 1.54) is 0 Å². The summed E-state index contributed by atoms with van der Waals surface area (Å²) < 4.78 is 0. The van der Waals surface area contributed by atoms with Crippen LogP contribution in [0.5, 0.6) is 0 Å². The molecule has 1 aromatic heterocycles. The second-order valence-corrected chi connectivity index (χ2v) is 4.23. The maximum Gasteiger partial charge on any atom is 0.132 e. The van der Waals surface area contributed by atoms with E-state index in [4.69, 9.17) is 5.73 Å². The number of aromatic nitrogens is 2. The lowest BCUT2D eigenvalue weighted by atomic mass is 9.94. The molecule has 2 rings (SSSR count). The third-order valence-electron chi connectivity index (χ3n) is 2.50. The van der Waals surface area contributed by atoms with Crippen LogP contribution in [0, 0.1) is 0 Å². The van der Waals surface area contributed by atoms with Gasteiger partial charge in [0.2, 0.25) is 0 Å². The number of hydrogen-bond acceptors (Lipinski definition) is 4. The molecule has 2 heterocycles. The van der Waals surface area contributed by atoms with Gasteiger partial charge in [0, 0.05) is 30.4 Å². The van der Waals surface area contributed by atoms with Crippen molar-refractivity contribution in [2.45, 2.75) is 25.8 Å². The van der Waals surface area contributed by atoms with Gasteiger partial charge in [0.25, 0.3) is 0 Å². The quantitative estimate of drug-likeness (QED) is 0.744. The molecule has 14 heavy (non-hydrogen) atoms. The molecule has 0 aromatic carbocycles. The highest BCUT2D eigenvalue weighted by Crippen LogP contribution is 2.23. The lowest BCUT2D eigenvalue weighted by Crippen LogP contribution is -2.65. The number of aryl methyl sites for hydroxylation is 1. The Labute approximate surface area is 84.2 Å². The van der Waals surface area contributed by atoms with Crippen molar-refractivity contribution in [2.24, 2.45) is 5.73 Å². The second-order valence-electron chi connectivity index (χ2n) is 4.23. The molecular weight excluding hydrogens is 176 g/mol. The molecule has 0 bridgehead atoms. The first-order chi connectivity index (χ1) is 6.61. The van der Waals surface area contributed by atoms with Crippen LogP contribution in [0.25, 0.3) is 0 Å². The van der Waals surface area contributed by atoms with Gasteiger partial charge < -0.3 is 10.6 Å². The highest BCUT2D eigenvalue weighted by atomic mass is 15.3. The summed E-state index contributed by atoms with van der Waals surface area (Å²) in [7, 11) is 0. The summed E-state index contributed by atoms with van der Waals surface area (Å²) in [4.78, 5) is 10.6. The standard InChI is InChI=1S/C10H16N4/c1-3-8-4-9(13-7-12-8)14-5-10(2,11)6-14/h4,7H,3,5-6,11H2,1-2H3. The SMILES string of the molecule is CCc1cc(N2CC(C)(N)C2)ncn1. The minimum Gasteiger partial charge on any atom is -0.353 e. The van der Waals surface area contributed by atoms with E-state index in [-0.39, 0.29) is 5.54 Å². The summed E-state index contributed by atoms with van der Waals surface area (Å²) in [5.74, 6) is 1.000. The van der Waals surface area contributed by atoms with Crippen molar-refractivity contribution in [1.29, 1.82) is 0 Å². The molecule has 0 radical (unpaired) electrons. The number of nitrogens with zero attached hydrogens (tertiary/aromatic N) is 3. The Kier molecular flexibility index (Phi) is 2.15. The molecule has 0 atom stereocenters. The Bertz CT molecular complexity index is 327. The summed E-state index contributed by atoms with van der Waals surface area (Å²) in [6, 6.07) is 2.04. The Balaban J connectivity index is 2.11. The maximum absolute atomic E-state index is 5.93. The summed E-state index contributed by atoms with van der Waals surface area (Å²) in [5.41, 5.74) is 6.97. The molecule has 2 N–H and O–H groups in total. The molecule has 0 amide bonds. The average molecular weight is 192 g/mol. The molecular formula is C10H16N4. The van der Waals surface area contributed by atoms with Crippen LogP contribution < -0.4 is 10.6 Å². The molecule has 4 nitrogen and oxygen atoms in total. The third-order valence-corrected chi connectivity index (χ3v) is 2.50. The monoisotopic (exact) mass is 192 g/mol. The summed E-state index contributed by atoms with van der Waals surface area (Å²) >= 11 is 0. The molecule has 4 heteroatoms. The lowest BCUT2D eigenvalue weighted by molar-refractivity contribution is 0.362. The van der Waals surface area contributed by atoms with E-state index >= 15 is 0 Å². The first kappa shape index (κ1) is 9.40. The van der Waals surface area contributed by atoms with Gasteiger partial charge in [-0.1, -0.05) is 6.92 Å². The molecule has 0 aliphatic carbocycles. The molecule has 0 unspecified atom stereocenters. The Morgan fingerprint density at radius 1 is 1.50 bits per heavy atom. The van der Waals surface area contributed by atoms with Crippen LogP contribution in [0.15, 0.2) is 12.4 Å². The number of nitrogens with two attached hydrogens (primary N) is 1. The molecule has 0 spiro atoms. The fourth-order valence-corrected chi connectivity index (χ4v) is 1.74. The zero-order valence-electron chi connectivity index (χ0n) is 8.70. The minimum atomic E-state index is -0.0443. The highest BCUT2D eigenvalue weighted by molar-refractivity contribution is 5.44. The van der Waals surface area contributed by atoms with E-state index in [0.29, 0.717) is 0 Å². The van der Waals surface area contributed by atoms with Gasteiger partial charge in [-0.2, -0.15) is 0 Å². The van der Waals surface area contributed by atoms with E-state index in [0.717, 1.165) is 31.0 Å². The molecule has 1 saturated heterocycles. The van der Waals surface area contributed by atoms with Gasteiger partial charge in [-0.05, 0) is 13.3 Å². The van der Waals surface area contributed by atoms with Crippen LogP contribution >= 0.6 is 0 Å². The summed E-state index contributed by atoms with van der Waals surface area (Å²) in [6.45, 7) is 5.92. The van der Waals surface area contributed by atoms with Gasteiger partial charge in [-0.25, -0.2) is 9.97 Å². The van der Waals surface area contributed by atoms with Gasteiger partial charge in [0.05, 0.1) is 0 Å². The van der Waals surface area contributed by atoms with Crippen molar-refractivity contribution < 1.29 is 0 Å². The topological polar surface area (TPSA) is 55.0 Å². The Morgan fingerprint density at radius 2 is 2.21 bits per heavy atom. The van der Waals surface area contributed by atoms with Crippen molar-refractivity contribution in [3.63, 3.8) is 0 Å². The molecule has 0 saturated carbocycles. The molecule has 1 fully saturated rings. The van der Waals surface area contributed by atoms with Gasteiger partial charge >= 0.3 is 0 Å². The van der Waals surface area contributed by atoms with Crippen LogP contribution in [0.1, 0.15) is 19.5 Å². The minimum absolute atomic E-state index is 0.0443. The molecule has 1 aliphatic heterocycles. The van der Waals surface area contributed by atoms with E-state index in [1.807, 2.05) is 6.07 Å². The normalized spacial score (nSPS) is 19.2. The van der Waals surface area contributed by atoms with Crippen LogP contribution in [0.4, 0.5) is 5.82 Å². The number of anilines is 1. The second kappa shape index (κ2) is 3.20. The van der Waals surface area contributed by atoms with Crippen LogP contribution in [0.2, 0.25) is 0 Å². The summed E-state index contributed by atoms with van der Waals surface area (Å²) in [5, 5.41) is 0. The van der Waals surface area contributed by atoms with E-state index in [2.05, 4.69) is 28.7 Å². The molecule has 1 aliphatic rings. The maximum atomic E-state index is 5.93. The fourth-order valence-electron chi connectivity index (χ4n) is 1.74. The predicted molar refractivity (Wildman–Crippen MR) is 56.2 cm³/mol. The number of hydrogen-bond donors (Lipinski definition) is 1. The van der Waals surface area contributed by atoms with Gasteiger partial charge in [-0.3, -0.25) is 0 Å². The van der Waals surface area contributed by atoms with E-state index in [9.17, 15) is 0 Å². The van der Waals surface area contributed by atoms with Crippen LogP contribution in [-0.4, -0.2) is 28.6 Å². The fraction of sp³-hybridized carbons (Fsp3) is 0.600. The molecule has 1 aromatic rings. The first-order valence-electron chi connectivity index (χ1n) is 4.95. The van der Waals surface area contributed by atoms with E-state index < -0.39 is 0 Å². The van der Waals surface area contributed by atoms with Crippen LogP contribution in [0.3, 0.4) is 0 Å². The van der Waals surface area contributed by atoms with E-state index in [1.54, 1.807) is 6.33 Å². The van der Waals surface area contributed by atoms with Crippen molar-refractivity contribution in [3.8, 4) is 0 Å². The van der Waals surface area contributed by atoms with Crippen LogP contribution in [-0.2, 0) is 6.42 Å². The largest absolute Gasteiger partial charge is 0.353 e. The Morgan fingerprint density at radius 3 is 2.79 bits per heavy atom. The van der Waals surface area contributed by atoms with Gasteiger partial charge in [0.15, 0.2) is 0 Å². The number of rotatable bonds is 2. The van der Waals surface area contributed by atoms with Crippen molar-refractivity contribution in [2.75, 3.05) is 18.0 Å². The lowest BCUT2D eigenvalue weighted by Gasteiger charge is -2.46. The zero-order valence-corrected chi connectivity index (χ0v) is 8.70. The first-order valence-corrected chi connectivity index (χ1v) is 4.95. The van der Waals surface area contributed by atoms with Gasteiger partial charge in [-0.15, -0.1) is 0 Å². The highest BCUT2D eigenvalue weighted by Gasteiger charge is 2.35. The van der Waals surface area contributed by atoms with Gasteiger partial charge in [0.1, 0.15) is 12.1 Å². The average Bonchev–Trinajstić information content (AvgIpc) is 2.14. The smallest absolute Gasteiger partial charge is 0.132 e. The van der Waals surface area contributed by atoms with Crippen molar-refractivity contribution in [3.05, 3.63) is 18.1 Å². The van der Waals surface area contributed by atoms with Crippen molar-refractivity contribution >= 4 is 5.82 Å². The van der Waals surface area contributed by atoms with Crippen molar-refractivity contribution in [1.82, 2.24) is 9.97 Å². The Hall–Kier alpha value is -1.16. The molecule has 76 valence electrons.